The molecule has 5 rings (SSSR count). The molecule has 0 bridgehead atoms. The fourth-order valence-corrected chi connectivity index (χ4v) is 4.68. The van der Waals surface area contributed by atoms with Gasteiger partial charge in [0.25, 0.3) is 5.56 Å². The van der Waals surface area contributed by atoms with Crippen molar-refractivity contribution in [3.05, 3.63) is 77.0 Å². The van der Waals surface area contributed by atoms with Gasteiger partial charge in [0.05, 0.1) is 23.0 Å². The molecule has 35 heavy (non-hydrogen) atoms. The molecule has 3 N–H and O–H groups in total. The Balaban J connectivity index is 1.69. The molecule has 1 saturated heterocycles. The van der Waals surface area contributed by atoms with Crippen molar-refractivity contribution < 1.29 is 4.39 Å². The molecule has 2 aromatic heterocycles. The number of hydrogen-bond acceptors (Lipinski definition) is 6. The van der Waals surface area contributed by atoms with E-state index in [-0.39, 0.29) is 17.4 Å². The van der Waals surface area contributed by atoms with Crippen LogP contribution in [0.15, 0.2) is 65.6 Å². The van der Waals surface area contributed by atoms with E-state index < -0.39 is 0 Å². The molecule has 3 heterocycles. The Morgan fingerprint density at radius 3 is 2.43 bits per heavy atom. The van der Waals surface area contributed by atoms with Crippen molar-refractivity contribution in [2.24, 2.45) is 7.05 Å². The highest BCUT2D eigenvalue weighted by atomic mass is 19.1. The molecular formula is C26H28FN7O. The van der Waals surface area contributed by atoms with Gasteiger partial charge in [0.2, 0.25) is 5.95 Å². The summed E-state index contributed by atoms with van der Waals surface area (Å²) in [5.74, 6) is 0.143. The second-order valence-corrected chi connectivity index (χ2v) is 8.78. The molecule has 2 aromatic carbocycles. The van der Waals surface area contributed by atoms with E-state index in [4.69, 9.17) is 10.7 Å². The summed E-state index contributed by atoms with van der Waals surface area (Å²) in [7, 11) is 3.67. The molecule has 180 valence electrons. The van der Waals surface area contributed by atoms with Crippen LogP contribution < -0.4 is 21.5 Å². The molecule has 0 radical (unpaired) electrons. The Hall–Kier alpha value is -3.98. The first kappa shape index (κ1) is 22.8. The van der Waals surface area contributed by atoms with Gasteiger partial charge in [0.1, 0.15) is 5.82 Å². The number of piperidine rings is 1. The molecule has 0 aliphatic carbocycles. The molecule has 1 aliphatic rings. The van der Waals surface area contributed by atoms with Gasteiger partial charge in [-0.1, -0.05) is 12.1 Å². The van der Waals surface area contributed by atoms with Crippen LogP contribution in [-0.2, 0) is 7.05 Å². The molecule has 9 heteroatoms. The predicted molar refractivity (Wildman–Crippen MR) is 136 cm³/mol. The summed E-state index contributed by atoms with van der Waals surface area (Å²) >= 11 is 0. The van der Waals surface area contributed by atoms with Gasteiger partial charge in [0.15, 0.2) is 0 Å². The van der Waals surface area contributed by atoms with E-state index in [9.17, 15) is 9.18 Å². The topological polar surface area (TPSA) is 94.0 Å². The maximum absolute atomic E-state index is 13.7. The second kappa shape index (κ2) is 9.34. The molecule has 0 unspecified atom stereocenters. The summed E-state index contributed by atoms with van der Waals surface area (Å²) in [5, 5.41) is 3.39. The standard InChI is InChI=1S/C26H28FN7O/c1-32(20-9-7-19(28)8-10-20)26-30-16-13-22(31-26)24-23(17-3-5-18(27)6-4-17)25(35)33(2)34(24)21-11-14-29-15-12-21/h3-10,13,16,21,29H,11-12,14-15,28H2,1-2H3. The molecule has 0 amide bonds. The van der Waals surface area contributed by atoms with Crippen molar-refractivity contribution in [2.75, 3.05) is 30.8 Å². The van der Waals surface area contributed by atoms with Crippen molar-refractivity contribution in [3.63, 3.8) is 0 Å². The van der Waals surface area contributed by atoms with E-state index in [0.717, 1.165) is 31.6 Å². The normalized spacial score (nSPS) is 14.3. The maximum atomic E-state index is 13.7. The number of nitrogens with two attached hydrogens (primary N) is 1. The molecule has 8 nitrogen and oxygen atoms in total. The highest BCUT2D eigenvalue weighted by Crippen LogP contribution is 2.34. The largest absolute Gasteiger partial charge is 0.399 e. The van der Waals surface area contributed by atoms with Crippen molar-refractivity contribution in [2.45, 2.75) is 18.9 Å². The highest BCUT2D eigenvalue weighted by Gasteiger charge is 2.28. The Labute approximate surface area is 202 Å². The van der Waals surface area contributed by atoms with E-state index in [1.165, 1.54) is 12.1 Å². The molecule has 0 spiro atoms. The smallest absolute Gasteiger partial charge is 0.274 e. The third kappa shape index (κ3) is 4.30. The minimum absolute atomic E-state index is 0.131. The summed E-state index contributed by atoms with van der Waals surface area (Å²) in [6.45, 7) is 1.74. The fourth-order valence-electron chi connectivity index (χ4n) is 4.68. The lowest BCUT2D eigenvalue weighted by atomic mass is 10.0. The minimum atomic E-state index is -0.348. The average Bonchev–Trinajstić information content (AvgIpc) is 3.15. The van der Waals surface area contributed by atoms with Gasteiger partial charge in [-0.15, -0.1) is 0 Å². The lowest BCUT2D eigenvalue weighted by molar-refractivity contribution is 0.313. The number of nitrogen functional groups attached to an aromatic ring is 1. The Kier molecular flexibility index (Phi) is 6.08. The van der Waals surface area contributed by atoms with Crippen molar-refractivity contribution >= 4 is 17.3 Å². The van der Waals surface area contributed by atoms with Gasteiger partial charge in [0, 0.05) is 31.7 Å². The molecule has 0 saturated carbocycles. The van der Waals surface area contributed by atoms with Crippen LogP contribution in [-0.4, -0.2) is 39.5 Å². The van der Waals surface area contributed by atoms with E-state index in [0.29, 0.717) is 34.2 Å². The summed E-state index contributed by atoms with van der Waals surface area (Å²) in [6, 6.07) is 15.5. The fraction of sp³-hybridized carbons (Fsp3) is 0.269. The number of halogens is 1. The van der Waals surface area contributed by atoms with Crippen molar-refractivity contribution in [1.29, 1.82) is 0 Å². The molecule has 1 fully saturated rings. The first-order chi connectivity index (χ1) is 16.9. The van der Waals surface area contributed by atoms with Crippen LogP contribution in [0.4, 0.5) is 21.7 Å². The van der Waals surface area contributed by atoms with Gasteiger partial charge in [-0.2, -0.15) is 0 Å². The zero-order valence-corrected chi connectivity index (χ0v) is 19.8. The SMILES string of the molecule is CN(c1ccc(N)cc1)c1nccc(-c2c(-c3ccc(F)cc3)c(=O)n(C)n2C2CCNCC2)n1. The zero-order valence-electron chi connectivity index (χ0n) is 19.8. The Morgan fingerprint density at radius 2 is 1.74 bits per heavy atom. The number of nitrogens with zero attached hydrogens (tertiary/aromatic N) is 5. The second-order valence-electron chi connectivity index (χ2n) is 8.78. The Morgan fingerprint density at radius 1 is 1.06 bits per heavy atom. The molecule has 0 atom stereocenters. The third-order valence-corrected chi connectivity index (χ3v) is 6.55. The first-order valence-corrected chi connectivity index (χ1v) is 11.6. The summed E-state index contributed by atoms with van der Waals surface area (Å²) < 4.78 is 17.4. The van der Waals surface area contributed by atoms with E-state index in [2.05, 4.69) is 15.0 Å². The number of hydrogen-bond donors (Lipinski definition) is 2. The van der Waals surface area contributed by atoms with Gasteiger partial charge < -0.3 is 16.0 Å². The van der Waals surface area contributed by atoms with Crippen LogP contribution in [0, 0.1) is 5.82 Å². The van der Waals surface area contributed by atoms with Gasteiger partial charge in [-0.25, -0.2) is 14.4 Å². The van der Waals surface area contributed by atoms with E-state index in [1.54, 1.807) is 30.1 Å². The Bertz CT molecular complexity index is 1390. The lowest BCUT2D eigenvalue weighted by Crippen LogP contribution is -2.33. The van der Waals surface area contributed by atoms with Crippen molar-refractivity contribution in [1.82, 2.24) is 24.6 Å². The highest BCUT2D eigenvalue weighted by molar-refractivity contribution is 5.80. The van der Waals surface area contributed by atoms with Crippen LogP contribution in [0.25, 0.3) is 22.5 Å². The number of benzene rings is 2. The van der Waals surface area contributed by atoms with Gasteiger partial charge in [-0.3, -0.25) is 14.2 Å². The number of nitrogens with one attached hydrogen (secondary N) is 1. The van der Waals surface area contributed by atoms with Crippen molar-refractivity contribution in [3.8, 4) is 22.5 Å². The van der Waals surface area contributed by atoms with Gasteiger partial charge in [-0.05, 0) is 74.0 Å². The third-order valence-electron chi connectivity index (χ3n) is 6.55. The van der Waals surface area contributed by atoms with Gasteiger partial charge >= 0.3 is 0 Å². The van der Waals surface area contributed by atoms with E-state index in [1.807, 2.05) is 42.3 Å². The van der Waals surface area contributed by atoms with Crippen LogP contribution >= 0.6 is 0 Å². The van der Waals surface area contributed by atoms with Crippen LogP contribution in [0.1, 0.15) is 18.9 Å². The maximum Gasteiger partial charge on any atom is 0.274 e. The monoisotopic (exact) mass is 473 g/mol. The summed E-state index contributed by atoms with van der Waals surface area (Å²) in [5.41, 5.74) is 9.77. The average molecular weight is 474 g/mol. The predicted octanol–water partition coefficient (Wildman–Crippen LogP) is 3.72. The molecule has 4 aromatic rings. The van der Waals surface area contributed by atoms with Crippen LogP contribution in [0.5, 0.6) is 0 Å². The zero-order chi connectivity index (χ0) is 24.5. The minimum Gasteiger partial charge on any atom is -0.399 e. The first-order valence-electron chi connectivity index (χ1n) is 11.6. The molecular weight excluding hydrogens is 445 g/mol. The number of rotatable bonds is 5. The number of anilines is 3. The van der Waals surface area contributed by atoms with Crippen LogP contribution in [0.2, 0.25) is 0 Å². The molecule has 1 aliphatic heterocycles. The quantitative estimate of drug-likeness (QED) is 0.429. The lowest BCUT2D eigenvalue weighted by Gasteiger charge is -2.27. The summed E-state index contributed by atoms with van der Waals surface area (Å²) in [6.07, 6.45) is 3.48. The number of aromatic nitrogens is 4. The summed E-state index contributed by atoms with van der Waals surface area (Å²) in [4.78, 5) is 24.8. The van der Waals surface area contributed by atoms with E-state index >= 15 is 0 Å². The van der Waals surface area contributed by atoms with Crippen LogP contribution in [0.3, 0.4) is 0 Å².